The fourth-order valence-corrected chi connectivity index (χ4v) is 1.51. The second-order valence-corrected chi connectivity index (χ2v) is 3.43. The van der Waals surface area contributed by atoms with Crippen LogP contribution in [0.1, 0.15) is 11.6 Å². The number of nitrogens with zero attached hydrogens (tertiary/aromatic N) is 3. The maximum atomic E-state index is 11.1. The van der Waals surface area contributed by atoms with Gasteiger partial charge in [0.15, 0.2) is 6.04 Å². The van der Waals surface area contributed by atoms with Crippen molar-refractivity contribution >= 4 is 5.97 Å². The van der Waals surface area contributed by atoms with Crippen molar-refractivity contribution < 1.29 is 9.90 Å². The molecule has 0 aliphatic heterocycles. The van der Waals surface area contributed by atoms with E-state index >= 15 is 0 Å². The average Bonchev–Trinajstić information content (AvgIpc) is 2.80. The molecule has 5 nitrogen and oxygen atoms in total. The third-order valence-corrected chi connectivity index (χ3v) is 2.32. The molecule has 5 heteroatoms. The first-order valence-electron chi connectivity index (χ1n) is 4.90. The predicted molar refractivity (Wildman–Crippen MR) is 56.8 cm³/mol. The molecule has 82 valence electrons. The average molecular weight is 217 g/mol. The number of rotatable bonds is 4. The van der Waals surface area contributed by atoms with Crippen LogP contribution >= 0.6 is 0 Å². The zero-order valence-electron chi connectivity index (χ0n) is 8.52. The minimum absolute atomic E-state index is 0.402. The first-order chi connectivity index (χ1) is 7.77. The maximum Gasteiger partial charge on any atom is 0.328 e. The molecule has 0 saturated heterocycles. The van der Waals surface area contributed by atoms with Crippen LogP contribution < -0.4 is 0 Å². The molecule has 0 aliphatic carbocycles. The lowest BCUT2D eigenvalue weighted by Crippen LogP contribution is -2.22. The van der Waals surface area contributed by atoms with Gasteiger partial charge in [-0.05, 0) is 5.56 Å². The second-order valence-electron chi connectivity index (χ2n) is 3.43. The molecule has 0 radical (unpaired) electrons. The minimum Gasteiger partial charge on any atom is -0.480 e. The third kappa shape index (κ3) is 2.25. The van der Waals surface area contributed by atoms with Crippen LogP contribution in [0.25, 0.3) is 0 Å². The van der Waals surface area contributed by atoms with Gasteiger partial charge in [0.25, 0.3) is 0 Å². The smallest absolute Gasteiger partial charge is 0.328 e. The van der Waals surface area contributed by atoms with Gasteiger partial charge in [-0.15, -0.1) is 5.10 Å². The summed E-state index contributed by atoms with van der Waals surface area (Å²) >= 11 is 0. The highest BCUT2D eigenvalue weighted by Gasteiger charge is 2.20. The summed E-state index contributed by atoms with van der Waals surface area (Å²) in [4.78, 5) is 11.1. The van der Waals surface area contributed by atoms with Gasteiger partial charge in [-0.2, -0.15) is 0 Å². The molecule has 0 bridgehead atoms. The van der Waals surface area contributed by atoms with E-state index in [0.29, 0.717) is 6.42 Å². The summed E-state index contributed by atoms with van der Waals surface area (Å²) in [6, 6.07) is 8.75. The molecule has 1 aromatic carbocycles. The van der Waals surface area contributed by atoms with Gasteiger partial charge in [0.2, 0.25) is 0 Å². The largest absolute Gasteiger partial charge is 0.480 e. The fourth-order valence-electron chi connectivity index (χ4n) is 1.51. The lowest BCUT2D eigenvalue weighted by atomic mass is 10.1. The highest BCUT2D eigenvalue weighted by Crippen LogP contribution is 2.13. The van der Waals surface area contributed by atoms with Crippen LogP contribution in [0.3, 0.4) is 0 Å². The lowest BCUT2D eigenvalue weighted by molar-refractivity contribution is -0.141. The minimum atomic E-state index is -0.908. The Kier molecular flexibility index (Phi) is 2.95. The van der Waals surface area contributed by atoms with E-state index in [1.807, 2.05) is 30.3 Å². The molecule has 0 saturated carbocycles. The maximum absolute atomic E-state index is 11.1. The molecule has 0 amide bonds. The van der Waals surface area contributed by atoms with E-state index in [1.165, 1.54) is 10.9 Å². The Morgan fingerprint density at radius 2 is 2.12 bits per heavy atom. The Morgan fingerprint density at radius 1 is 1.38 bits per heavy atom. The number of hydrogen-bond donors (Lipinski definition) is 1. The number of aliphatic carboxylic acids is 1. The molecule has 0 aliphatic rings. The SMILES string of the molecule is O=C(O)C(Cc1ccccc1)n1ccnn1. The zero-order valence-corrected chi connectivity index (χ0v) is 8.52. The van der Waals surface area contributed by atoms with Crippen LogP contribution in [0.2, 0.25) is 0 Å². The van der Waals surface area contributed by atoms with Crippen LogP contribution in [0.5, 0.6) is 0 Å². The first kappa shape index (κ1) is 10.4. The summed E-state index contributed by atoms with van der Waals surface area (Å²) < 4.78 is 1.36. The van der Waals surface area contributed by atoms with Crippen molar-refractivity contribution in [2.45, 2.75) is 12.5 Å². The summed E-state index contributed by atoms with van der Waals surface area (Å²) in [5, 5.41) is 16.5. The monoisotopic (exact) mass is 217 g/mol. The number of aromatic nitrogens is 3. The van der Waals surface area contributed by atoms with E-state index in [2.05, 4.69) is 10.3 Å². The highest BCUT2D eigenvalue weighted by atomic mass is 16.4. The van der Waals surface area contributed by atoms with Crippen LogP contribution in [0.4, 0.5) is 0 Å². The van der Waals surface area contributed by atoms with Crippen molar-refractivity contribution in [1.82, 2.24) is 15.0 Å². The van der Waals surface area contributed by atoms with Gasteiger partial charge in [0.1, 0.15) is 0 Å². The Morgan fingerprint density at radius 3 is 2.69 bits per heavy atom. The van der Waals surface area contributed by atoms with Gasteiger partial charge in [-0.3, -0.25) is 0 Å². The van der Waals surface area contributed by atoms with Crippen LogP contribution in [0.15, 0.2) is 42.7 Å². The molecule has 1 unspecified atom stereocenters. The summed E-state index contributed by atoms with van der Waals surface area (Å²) in [5.41, 5.74) is 0.963. The molecule has 1 atom stereocenters. The van der Waals surface area contributed by atoms with Crippen molar-refractivity contribution in [3.05, 3.63) is 48.3 Å². The van der Waals surface area contributed by atoms with Crippen molar-refractivity contribution in [1.29, 1.82) is 0 Å². The number of carbonyl (C=O) groups is 1. The van der Waals surface area contributed by atoms with Crippen LogP contribution in [0, 0.1) is 0 Å². The number of benzene rings is 1. The molecule has 1 aromatic heterocycles. The lowest BCUT2D eigenvalue weighted by Gasteiger charge is -2.11. The number of carboxylic acid groups (broad SMARTS) is 1. The normalized spacial score (nSPS) is 12.2. The molecular weight excluding hydrogens is 206 g/mol. The fraction of sp³-hybridized carbons (Fsp3) is 0.182. The quantitative estimate of drug-likeness (QED) is 0.834. The van der Waals surface area contributed by atoms with Gasteiger partial charge < -0.3 is 5.11 Å². The second kappa shape index (κ2) is 4.57. The first-order valence-corrected chi connectivity index (χ1v) is 4.90. The van der Waals surface area contributed by atoms with Gasteiger partial charge in [0, 0.05) is 12.6 Å². The summed E-state index contributed by atoms with van der Waals surface area (Å²) in [6.07, 6.45) is 3.43. The highest BCUT2D eigenvalue weighted by molar-refractivity contribution is 5.72. The van der Waals surface area contributed by atoms with E-state index in [1.54, 1.807) is 6.20 Å². The van der Waals surface area contributed by atoms with Crippen molar-refractivity contribution in [3.63, 3.8) is 0 Å². The molecule has 2 aromatic rings. The van der Waals surface area contributed by atoms with E-state index in [0.717, 1.165) is 5.56 Å². The Hall–Kier alpha value is -2.17. The summed E-state index contributed by atoms with van der Waals surface area (Å²) in [7, 11) is 0. The molecule has 2 rings (SSSR count). The summed E-state index contributed by atoms with van der Waals surface area (Å²) in [5.74, 6) is -0.908. The van der Waals surface area contributed by atoms with E-state index in [-0.39, 0.29) is 0 Å². The Bertz CT molecular complexity index is 453. The third-order valence-electron chi connectivity index (χ3n) is 2.32. The van der Waals surface area contributed by atoms with Crippen LogP contribution in [-0.2, 0) is 11.2 Å². The van der Waals surface area contributed by atoms with E-state index in [9.17, 15) is 4.79 Å². The zero-order chi connectivity index (χ0) is 11.4. The van der Waals surface area contributed by atoms with Gasteiger partial charge in [-0.25, -0.2) is 9.48 Å². The topological polar surface area (TPSA) is 68.0 Å². The molecule has 0 fully saturated rings. The Labute approximate surface area is 92.3 Å². The standard InChI is InChI=1S/C11H11N3O2/c15-11(16)10(14-7-6-12-13-14)8-9-4-2-1-3-5-9/h1-7,10H,8H2,(H,15,16). The van der Waals surface area contributed by atoms with Crippen molar-refractivity contribution in [3.8, 4) is 0 Å². The summed E-state index contributed by atoms with van der Waals surface area (Å²) in [6.45, 7) is 0. The molecule has 0 spiro atoms. The van der Waals surface area contributed by atoms with Gasteiger partial charge in [0.05, 0.1) is 6.20 Å². The molecule has 1 heterocycles. The molecular formula is C11H11N3O2. The van der Waals surface area contributed by atoms with E-state index < -0.39 is 12.0 Å². The van der Waals surface area contributed by atoms with Crippen LogP contribution in [-0.4, -0.2) is 26.1 Å². The molecule has 16 heavy (non-hydrogen) atoms. The van der Waals surface area contributed by atoms with Crippen molar-refractivity contribution in [2.24, 2.45) is 0 Å². The van der Waals surface area contributed by atoms with Gasteiger partial charge in [-0.1, -0.05) is 35.5 Å². The predicted octanol–water partition coefficient (Wildman–Crippen LogP) is 1.15. The van der Waals surface area contributed by atoms with Gasteiger partial charge >= 0.3 is 5.97 Å². The molecule has 1 N–H and O–H groups in total. The Balaban J connectivity index is 2.19. The number of carboxylic acids is 1. The van der Waals surface area contributed by atoms with Crippen molar-refractivity contribution in [2.75, 3.05) is 0 Å². The van der Waals surface area contributed by atoms with E-state index in [4.69, 9.17) is 5.11 Å². The number of hydrogen-bond acceptors (Lipinski definition) is 3.